The maximum Gasteiger partial charge on any atom is 0.0501 e. The minimum atomic E-state index is 0.329. The van der Waals surface area contributed by atoms with Gasteiger partial charge in [0.25, 0.3) is 0 Å². The number of hydrogen-bond donors (Lipinski definition) is 0. The SMILES string of the molecule is C=C1CN(C)C2(C1)CN(C(C)(C)C)C2. The van der Waals surface area contributed by atoms with Crippen molar-refractivity contribution in [1.82, 2.24) is 9.80 Å². The van der Waals surface area contributed by atoms with Gasteiger partial charge in [-0.3, -0.25) is 9.80 Å². The molecule has 0 aromatic heterocycles. The van der Waals surface area contributed by atoms with Crippen LogP contribution < -0.4 is 0 Å². The highest BCUT2D eigenvalue weighted by atomic mass is 15.4. The van der Waals surface area contributed by atoms with Crippen LogP contribution in [0.25, 0.3) is 0 Å². The lowest BCUT2D eigenvalue weighted by Crippen LogP contribution is -2.70. The Morgan fingerprint density at radius 2 is 1.86 bits per heavy atom. The first kappa shape index (κ1) is 10.2. The van der Waals surface area contributed by atoms with Crippen LogP contribution in [-0.4, -0.2) is 47.6 Å². The molecule has 0 aromatic carbocycles. The Bertz CT molecular complexity index is 256. The highest BCUT2D eigenvalue weighted by Crippen LogP contribution is 2.41. The lowest BCUT2D eigenvalue weighted by Gasteiger charge is -2.56. The van der Waals surface area contributed by atoms with E-state index in [2.05, 4.69) is 44.2 Å². The first-order chi connectivity index (χ1) is 6.33. The summed E-state index contributed by atoms with van der Waals surface area (Å²) in [6.07, 6.45) is 1.20. The van der Waals surface area contributed by atoms with E-state index in [-0.39, 0.29) is 0 Å². The van der Waals surface area contributed by atoms with E-state index in [1.807, 2.05) is 0 Å². The zero-order chi connectivity index (χ0) is 10.6. The van der Waals surface area contributed by atoms with Gasteiger partial charge in [0.15, 0.2) is 0 Å². The third-order valence-corrected chi connectivity index (χ3v) is 3.77. The van der Waals surface area contributed by atoms with Gasteiger partial charge >= 0.3 is 0 Å². The summed E-state index contributed by atoms with van der Waals surface area (Å²) in [5.74, 6) is 0. The number of likely N-dealkylation sites (tertiary alicyclic amines) is 2. The van der Waals surface area contributed by atoms with E-state index >= 15 is 0 Å². The van der Waals surface area contributed by atoms with Crippen LogP contribution in [0.4, 0.5) is 0 Å². The fraction of sp³-hybridized carbons (Fsp3) is 0.833. The Morgan fingerprint density at radius 3 is 2.21 bits per heavy atom. The normalized spacial score (nSPS) is 28.4. The summed E-state index contributed by atoms with van der Waals surface area (Å²) in [5, 5.41) is 0. The van der Waals surface area contributed by atoms with Gasteiger partial charge in [-0.1, -0.05) is 12.2 Å². The van der Waals surface area contributed by atoms with Crippen LogP contribution in [0.5, 0.6) is 0 Å². The Labute approximate surface area is 87.6 Å². The number of nitrogens with zero attached hydrogens (tertiary/aromatic N) is 2. The molecule has 1 spiro atoms. The molecule has 2 rings (SSSR count). The average molecular weight is 194 g/mol. The fourth-order valence-corrected chi connectivity index (χ4v) is 2.65. The topological polar surface area (TPSA) is 6.48 Å². The second-order valence-electron chi connectivity index (χ2n) is 6.03. The number of rotatable bonds is 0. The Morgan fingerprint density at radius 1 is 1.29 bits per heavy atom. The molecule has 0 aliphatic carbocycles. The largest absolute Gasteiger partial charge is 0.295 e. The van der Waals surface area contributed by atoms with Crippen LogP contribution in [0.3, 0.4) is 0 Å². The van der Waals surface area contributed by atoms with Gasteiger partial charge in [-0.15, -0.1) is 0 Å². The molecule has 2 heterocycles. The molecule has 0 atom stereocenters. The van der Waals surface area contributed by atoms with Gasteiger partial charge in [-0.2, -0.15) is 0 Å². The molecular weight excluding hydrogens is 172 g/mol. The molecule has 2 nitrogen and oxygen atoms in total. The maximum atomic E-state index is 4.11. The predicted molar refractivity (Wildman–Crippen MR) is 60.4 cm³/mol. The van der Waals surface area contributed by atoms with Gasteiger partial charge in [0.05, 0.1) is 5.54 Å². The molecule has 0 saturated carbocycles. The van der Waals surface area contributed by atoms with E-state index in [1.54, 1.807) is 0 Å². The second kappa shape index (κ2) is 2.83. The van der Waals surface area contributed by atoms with E-state index in [9.17, 15) is 0 Å². The molecule has 0 bridgehead atoms. The highest BCUT2D eigenvalue weighted by molar-refractivity contribution is 5.21. The van der Waals surface area contributed by atoms with Gasteiger partial charge in [0, 0.05) is 25.2 Å². The predicted octanol–water partition coefficient (Wildman–Crippen LogP) is 1.73. The van der Waals surface area contributed by atoms with E-state index in [0.717, 1.165) is 6.54 Å². The van der Waals surface area contributed by atoms with Crippen molar-refractivity contribution in [3.05, 3.63) is 12.2 Å². The van der Waals surface area contributed by atoms with Crippen molar-refractivity contribution < 1.29 is 0 Å². The first-order valence-electron chi connectivity index (χ1n) is 5.46. The van der Waals surface area contributed by atoms with E-state index in [0.29, 0.717) is 11.1 Å². The summed E-state index contributed by atoms with van der Waals surface area (Å²) >= 11 is 0. The highest BCUT2D eigenvalue weighted by Gasteiger charge is 2.52. The molecule has 0 aromatic rings. The van der Waals surface area contributed by atoms with Crippen LogP contribution >= 0.6 is 0 Å². The summed E-state index contributed by atoms with van der Waals surface area (Å²) in [6, 6.07) is 0. The van der Waals surface area contributed by atoms with Gasteiger partial charge in [0.1, 0.15) is 0 Å². The molecule has 0 amide bonds. The summed E-state index contributed by atoms with van der Waals surface area (Å²) in [4.78, 5) is 5.04. The third kappa shape index (κ3) is 1.41. The molecule has 2 heteroatoms. The molecule has 80 valence electrons. The van der Waals surface area contributed by atoms with E-state index in [4.69, 9.17) is 0 Å². The van der Waals surface area contributed by atoms with Gasteiger partial charge < -0.3 is 0 Å². The lowest BCUT2D eigenvalue weighted by atomic mass is 9.82. The third-order valence-electron chi connectivity index (χ3n) is 3.77. The van der Waals surface area contributed by atoms with Crippen LogP contribution in [0.15, 0.2) is 12.2 Å². The van der Waals surface area contributed by atoms with Crippen molar-refractivity contribution in [3.8, 4) is 0 Å². The Kier molecular flexibility index (Phi) is 2.06. The van der Waals surface area contributed by atoms with Crippen molar-refractivity contribution in [2.45, 2.75) is 38.3 Å². The molecule has 2 aliphatic heterocycles. The average Bonchev–Trinajstić information content (AvgIpc) is 2.19. The van der Waals surface area contributed by atoms with Gasteiger partial charge in [-0.05, 0) is 34.2 Å². The molecular formula is C12H22N2. The van der Waals surface area contributed by atoms with Crippen LogP contribution in [0, 0.1) is 0 Å². The quantitative estimate of drug-likeness (QED) is 0.542. The van der Waals surface area contributed by atoms with Crippen LogP contribution in [0.2, 0.25) is 0 Å². The summed E-state index contributed by atoms with van der Waals surface area (Å²) in [6.45, 7) is 14.5. The van der Waals surface area contributed by atoms with Gasteiger partial charge in [-0.25, -0.2) is 0 Å². The zero-order valence-electron chi connectivity index (χ0n) is 9.93. The lowest BCUT2D eigenvalue weighted by molar-refractivity contribution is -0.0658. The number of hydrogen-bond acceptors (Lipinski definition) is 2. The van der Waals surface area contributed by atoms with Crippen molar-refractivity contribution >= 4 is 0 Å². The zero-order valence-corrected chi connectivity index (χ0v) is 9.93. The monoisotopic (exact) mass is 194 g/mol. The van der Waals surface area contributed by atoms with Crippen molar-refractivity contribution in [1.29, 1.82) is 0 Å². The minimum absolute atomic E-state index is 0.329. The second-order valence-corrected chi connectivity index (χ2v) is 6.03. The molecule has 0 unspecified atom stereocenters. The Balaban J connectivity index is 2.02. The Hall–Kier alpha value is -0.340. The minimum Gasteiger partial charge on any atom is -0.295 e. The van der Waals surface area contributed by atoms with Gasteiger partial charge in [0.2, 0.25) is 0 Å². The maximum absolute atomic E-state index is 4.11. The number of likely N-dealkylation sites (N-methyl/N-ethyl adjacent to an activating group) is 1. The molecule has 0 N–H and O–H groups in total. The molecule has 2 fully saturated rings. The molecule has 0 radical (unpaired) electrons. The summed E-state index contributed by atoms with van der Waals surface area (Å²) < 4.78 is 0. The van der Waals surface area contributed by atoms with Crippen molar-refractivity contribution in [2.24, 2.45) is 0 Å². The molecule has 2 aliphatic rings. The summed E-state index contributed by atoms with van der Waals surface area (Å²) in [5.41, 5.74) is 2.17. The first-order valence-corrected chi connectivity index (χ1v) is 5.46. The van der Waals surface area contributed by atoms with Crippen molar-refractivity contribution in [2.75, 3.05) is 26.7 Å². The fourth-order valence-electron chi connectivity index (χ4n) is 2.65. The molecule has 2 saturated heterocycles. The smallest absolute Gasteiger partial charge is 0.0501 e. The molecule has 14 heavy (non-hydrogen) atoms. The standard InChI is InChI=1S/C12H22N2/c1-10-6-12(13(5)7-10)8-14(9-12)11(2,3)4/h1,6-9H2,2-5H3. The van der Waals surface area contributed by atoms with Crippen LogP contribution in [0.1, 0.15) is 27.2 Å². The van der Waals surface area contributed by atoms with Crippen molar-refractivity contribution in [3.63, 3.8) is 0 Å². The van der Waals surface area contributed by atoms with E-state index in [1.165, 1.54) is 25.1 Å². The summed E-state index contributed by atoms with van der Waals surface area (Å²) in [7, 11) is 2.23. The van der Waals surface area contributed by atoms with Crippen LogP contribution in [-0.2, 0) is 0 Å². The van der Waals surface area contributed by atoms with E-state index < -0.39 is 0 Å².